The summed E-state index contributed by atoms with van der Waals surface area (Å²) in [5.74, 6) is 0.647. The number of amides is 2. The van der Waals surface area contributed by atoms with E-state index in [2.05, 4.69) is 10.2 Å². The molecule has 0 radical (unpaired) electrons. The van der Waals surface area contributed by atoms with Crippen LogP contribution in [0.5, 0.6) is 11.5 Å². The zero-order chi connectivity index (χ0) is 21.5. The molecule has 1 aromatic rings. The number of ether oxygens (including phenoxy) is 3. The van der Waals surface area contributed by atoms with Crippen molar-refractivity contribution in [3.05, 3.63) is 23.3 Å². The van der Waals surface area contributed by atoms with Crippen LogP contribution < -0.4 is 14.8 Å². The number of rotatable bonds is 6. The van der Waals surface area contributed by atoms with Crippen LogP contribution in [0.2, 0.25) is 0 Å². The number of methoxy groups -OCH3 is 2. The highest BCUT2D eigenvalue weighted by Crippen LogP contribution is 2.58. The van der Waals surface area contributed by atoms with Crippen molar-refractivity contribution in [2.45, 2.75) is 30.0 Å². The Morgan fingerprint density at radius 3 is 2.67 bits per heavy atom. The number of fused-ring (bicyclic) bond motifs is 3. The number of carbonyl (C=O) groups is 2. The number of thioether (sulfide) groups is 1. The zero-order valence-electron chi connectivity index (χ0n) is 17.9. The van der Waals surface area contributed by atoms with Crippen molar-refractivity contribution >= 4 is 23.6 Å². The molecule has 3 aliphatic rings. The molecule has 30 heavy (non-hydrogen) atoms. The number of hydrogen-bond donors (Lipinski definition) is 1. The van der Waals surface area contributed by atoms with Gasteiger partial charge in [-0.1, -0.05) is 6.07 Å². The Kier molecular flexibility index (Phi) is 5.87. The van der Waals surface area contributed by atoms with Gasteiger partial charge in [0.15, 0.2) is 11.5 Å². The van der Waals surface area contributed by atoms with Crippen molar-refractivity contribution in [1.29, 1.82) is 0 Å². The highest BCUT2D eigenvalue weighted by Gasteiger charge is 2.58. The molecular formula is C21H29N3O5S. The molecule has 164 valence electrons. The van der Waals surface area contributed by atoms with Gasteiger partial charge in [-0.25, -0.2) is 0 Å². The summed E-state index contributed by atoms with van der Waals surface area (Å²) in [6.45, 7) is 8.59. The third-order valence-electron chi connectivity index (χ3n) is 5.98. The van der Waals surface area contributed by atoms with E-state index in [0.29, 0.717) is 23.6 Å². The largest absolute Gasteiger partial charge is 0.493 e. The second-order valence-corrected chi connectivity index (χ2v) is 9.93. The van der Waals surface area contributed by atoms with Gasteiger partial charge in [0.25, 0.3) is 5.91 Å². The number of hydrogen-bond acceptors (Lipinski definition) is 7. The zero-order valence-corrected chi connectivity index (χ0v) is 18.7. The van der Waals surface area contributed by atoms with E-state index < -0.39 is 10.8 Å². The summed E-state index contributed by atoms with van der Waals surface area (Å²) in [6, 6.07) is 3.16. The average molecular weight is 436 g/mol. The van der Waals surface area contributed by atoms with Crippen molar-refractivity contribution in [3.8, 4) is 11.5 Å². The van der Waals surface area contributed by atoms with Crippen molar-refractivity contribution in [2.75, 3.05) is 53.6 Å². The lowest BCUT2D eigenvalue weighted by atomic mass is 10.0. The fourth-order valence-corrected chi connectivity index (χ4v) is 6.09. The second-order valence-electron chi connectivity index (χ2n) is 8.20. The molecule has 2 amide bonds. The number of morpholine rings is 1. The van der Waals surface area contributed by atoms with Gasteiger partial charge in [-0.2, -0.15) is 0 Å². The Bertz CT molecular complexity index is 840. The predicted molar refractivity (Wildman–Crippen MR) is 114 cm³/mol. The Morgan fingerprint density at radius 1 is 1.27 bits per heavy atom. The molecule has 2 saturated heterocycles. The summed E-state index contributed by atoms with van der Waals surface area (Å²) < 4.78 is 15.8. The van der Waals surface area contributed by atoms with E-state index >= 15 is 0 Å². The van der Waals surface area contributed by atoms with Crippen LogP contribution in [0.1, 0.15) is 35.1 Å². The molecule has 4 rings (SSSR count). The Balaban J connectivity index is 1.53. The van der Waals surface area contributed by atoms with E-state index in [0.717, 1.165) is 38.4 Å². The minimum atomic E-state index is -0.562. The first-order valence-electron chi connectivity index (χ1n) is 10.2. The number of benzene rings is 1. The average Bonchev–Trinajstić information content (AvgIpc) is 3.17. The normalized spacial score (nSPS) is 25.1. The Hall–Kier alpha value is -1.97. The Morgan fingerprint density at radius 2 is 2.00 bits per heavy atom. The summed E-state index contributed by atoms with van der Waals surface area (Å²) in [4.78, 5) is 30.6. The number of nitrogens with one attached hydrogen (secondary N) is 1. The van der Waals surface area contributed by atoms with Crippen LogP contribution in [0, 0.1) is 0 Å². The summed E-state index contributed by atoms with van der Waals surface area (Å²) in [5, 5.41) is 2.84. The quantitative estimate of drug-likeness (QED) is 0.725. The summed E-state index contributed by atoms with van der Waals surface area (Å²) in [7, 11) is 3.08. The Labute approximate surface area is 181 Å². The van der Waals surface area contributed by atoms with Crippen LogP contribution in [0.3, 0.4) is 0 Å². The molecule has 9 heteroatoms. The van der Waals surface area contributed by atoms with E-state index in [1.165, 1.54) is 7.11 Å². The topological polar surface area (TPSA) is 80.3 Å². The molecule has 1 aromatic carbocycles. The molecule has 0 aliphatic carbocycles. The van der Waals surface area contributed by atoms with Crippen molar-refractivity contribution in [2.24, 2.45) is 0 Å². The fourth-order valence-electron chi connectivity index (χ4n) is 4.51. The maximum Gasteiger partial charge on any atom is 0.260 e. The molecule has 2 fully saturated rings. The van der Waals surface area contributed by atoms with E-state index in [1.54, 1.807) is 23.8 Å². The first-order valence-corrected chi connectivity index (χ1v) is 11.1. The smallest absolute Gasteiger partial charge is 0.260 e. The van der Waals surface area contributed by atoms with E-state index in [4.69, 9.17) is 14.2 Å². The van der Waals surface area contributed by atoms with Crippen LogP contribution in [0.4, 0.5) is 0 Å². The first-order chi connectivity index (χ1) is 14.4. The highest BCUT2D eigenvalue weighted by molar-refractivity contribution is 8.01. The lowest BCUT2D eigenvalue weighted by Gasteiger charge is -2.30. The number of carbonyl (C=O) groups excluding carboxylic acids is 2. The second kappa shape index (κ2) is 8.28. The first kappa shape index (κ1) is 21.3. The van der Waals surface area contributed by atoms with E-state index in [-0.39, 0.29) is 17.2 Å². The lowest BCUT2D eigenvalue weighted by Crippen LogP contribution is -2.53. The summed E-state index contributed by atoms with van der Waals surface area (Å²) >= 11 is 1.64. The monoisotopic (exact) mass is 435 g/mol. The van der Waals surface area contributed by atoms with Gasteiger partial charge in [0.05, 0.1) is 33.0 Å². The molecule has 0 spiro atoms. The van der Waals surface area contributed by atoms with Gasteiger partial charge in [0, 0.05) is 36.5 Å². The molecule has 3 heterocycles. The molecule has 0 saturated carbocycles. The third kappa shape index (κ3) is 3.52. The van der Waals surface area contributed by atoms with Crippen molar-refractivity contribution < 1.29 is 23.8 Å². The molecular weight excluding hydrogens is 406 g/mol. The highest BCUT2D eigenvalue weighted by atomic mass is 32.2. The van der Waals surface area contributed by atoms with Gasteiger partial charge in [-0.05, 0) is 19.9 Å². The van der Waals surface area contributed by atoms with Gasteiger partial charge >= 0.3 is 0 Å². The standard InChI is InChI=1S/C21H29N3O5S/c1-21(2)17(18(25)22-7-8-23-9-11-29-12-10-23)24-19(26)15-13(20(24)30-21)5-6-14(27-3)16(15)28-4/h5-6,17,20H,7-12H2,1-4H3,(H,22,25)/t17-,20-/m0/s1. The van der Waals surface area contributed by atoms with Gasteiger partial charge in [0.1, 0.15) is 11.4 Å². The maximum absolute atomic E-state index is 13.4. The minimum Gasteiger partial charge on any atom is -0.493 e. The van der Waals surface area contributed by atoms with E-state index in [9.17, 15) is 9.59 Å². The lowest BCUT2D eigenvalue weighted by molar-refractivity contribution is -0.126. The van der Waals surface area contributed by atoms with Crippen LogP contribution in [0.25, 0.3) is 0 Å². The van der Waals surface area contributed by atoms with Crippen LogP contribution in [-0.4, -0.2) is 86.0 Å². The fraction of sp³-hybridized carbons (Fsp3) is 0.619. The van der Waals surface area contributed by atoms with Crippen LogP contribution in [-0.2, 0) is 9.53 Å². The molecule has 0 aromatic heterocycles. The summed E-state index contributed by atoms with van der Waals surface area (Å²) in [5.41, 5.74) is 1.37. The van der Waals surface area contributed by atoms with Crippen molar-refractivity contribution in [3.63, 3.8) is 0 Å². The minimum absolute atomic E-state index is 0.115. The predicted octanol–water partition coefficient (Wildman–Crippen LogP) is 1.50. The SMILES string of the molecule is COc1ccc2c(c1OC)C(=O)N1[C@@H](C(=O)NCCN3CCOCC3)C(C)(C)S[C@@H]21. The third-order valence-corrected chi connectivity index (χ3v) is 7.51. The molecule has 0 unspecified atom stereocenters. The van der Waals surface area contributed by atoms with E-state index in [1.807, 2.05) is 26.0 Å². The number of nitrogens with zero attached hydrogens (tertiary/aromatic N) is 2. The van der Waals surface area contributed by atoms with Crippen molar-refractivity contribution in [1.82, 2.24) is 15.1 Å². The molecule has 1 N–H and O–H groups in total. The molecule has 3 aliphatic heterocycles. The molecule has 8 nitrogen and oxygen atoms in total. The van der Waals surface area contributed by atoms with Gasteiger partial charge in [-0.15, -0.1) is 11.8 Å². The van der Waals surface area contributed by atoms with Crippen LogP contribution in [0.15, 0.2) is 12.1 Å². The van der Waals surface area contributed by atoms with Gasteiger partial charge in [-0.3, -0.25) is 14.5 Å². The summed E-state index contributed by atoms with van der Waals surface area (Å²) in [6.07, 6.45) is 0. The van der Waals surface area contributed by atoms with Crippen LogP contribution >= 0.6 is 11.8 Å². The maximum atomic E-state index is 13.4. The van der Waals surface area contributed by atoms with Gasteiger partial charge < -0.3 is 24.4 Å². The molecule has 0 bridgehead atoms. The molecule has 2 atom stereocenters. The van der Waals surface area contributed by atoms with Gasteiger partial charge in [0.2, 0.25) is 5.91 Å².